The predicted molar refractivity (Wildman–Crippen MR) is 83.4 cm³/mol. The highest BCUT2D eigenvalue weighted by atomic mass is 32.1. The fourth-order valence-corrected chi connectivity index (χ4v) is 3.42. The van der Waals surface area contributed by atoms with Gasteiger partial charge in [-0.2, -0.15) is 0 Å². The first kappa shape index (κ1) is 16.2. The number of aliphatic hydroxyl groups is 1. The number of anilines is 1. The topological polar surface area (TPSA) is 58.5 Å². The largest absolute Gasteiger partial charge is 0.392 e. The molecule has 3 rings (SSSR count). The Kier molecular flexibility index (Phi) is 4.56. The number of aliphatic hydroxyl groups excluding tert-OH is 1. The molecule has 0 radical (unpaired) electrons. The SMILES string of the molecule is CC1CN(c2c(CO)cc(-c3csnn3)c(F)c2F)CC(C)O1. The molecule has 1 aromatic carbocycles. The van der Waals surface area contributed by atoms with Gasteiger partial charge in [0.15, 0.2) is 11.6 Å². The van der Waals surface area contributed by atoms with E-state index in [4.69, 9.17) is 4.74 Å². The Balaban J connectivity index is 2.09. The Morgan fingerprint density at radius 3 is 2.57 bits per heavy atom. The average Bonchev–Trinajstić information content (AvgIpc) is 3.02. The molecule has 2 aromatic rings. The van der Waals surface area contributed by atoms with Gasteiger partial charge in [0.25, 0.3) is 0 Å². The molecule has 1 aliphatic rings. The van der Waals surface area contributed by atoms with Crippen molar-refractivity contribution in [3.8, 4) is 11.3 Å². The van der Waals surface area contributed by atoms with Crippen LogP contribution in [-0.4, -0.2) is 40.0 Å². The van der Waals surface area contributed by atoms with E-state index < -0.39 is 18.2 Å². The minimum atomic E-state index is -0.975. The van der Waals surface area contributed by atoms with Crippen LogP contribution in [0.2, 0.25) is 0 Å². The number of morpholine rings is 1. The smallest absolute Gasteiger partial charge is 0.183 e. The van der Waals surface area contributed by atoms with Crippen LogP contribution in [0.3, 0.4) is 0 Å². The predicted octanol–water partition coefficient (Wildman–Crippen LogP) is 2.59. The normalized spacial score (nSPS) is 21.7. The van der Waals surface area contributed by atoms with Crippen LogP contribution >= 0.6 is 11.5 Å². The number of hydrogen-bond donors (Lipinski definition) is 1. The van der Waals surface area contributed by atoms with Gasteiger partial charge >= 0.3 is 0 Å². The second kappa shape index (κ2) is 6.46. The zero-order valence-corrected chi connectivity index (χ0v) is 13.6. The summed E-state index contributed by atoms with van der Waals surface area (Å²) in [5, 5.41) is 15.0. The highest BCUT2D eigenvalue weighted by Crippen LogP contribution is 2.35. The second-order valence-electron chi connectivity index (χ2n) is 5.67. The van der Waals surface area contributed by atoms with Crippen LogP contribution < -0.4 is 4.90 Å². The third-order valence-corrected chi connectivity index (χ3v) is 4.31. The summed E-state index contributed by atoms with van der Waals surface area (Å²) < 4.78 is 38.5. The molecule has 1 saturated heterocycles. The van der Waals surface area contributed by atoms with Gasteiger partial charge in [0.1, 0.15) is 5.69 Å². The molecule has 2 heterocycles. The molecule has 23 heavy (non-hydrogen) atoms. The van der Waals surface area contributed by atoms with Crippen molar-refractivity contribution in [2.75, 3.05) is 18.0 Å². The number of hydrogen-bond acceptors (Lipinski definition) is 6. The molecule has 1 fully saturated rings. The van der Waals surface area contributed by atoms with E-state index >= 15 is 0 Å². The van der Waals surface area contributed by atoms with Gasteiger partial charge < -0.3 is 14.7 Å². The molecule has 2 unspecified atom stereocenters. The molecule has 5 nitrogen and oxygen atoms in total. The third-order valence-electron chi connectivity index (χ3n) is 3.80. The van der Waals surface area contributed by atoms with Crippen LogP contribution in [-0.2, 0) is 11.3 Å². The Morgan fingerprint density at radius 1 is 1.30 bits per heavy atom. The lowest BCUT2D eigenvalue weighted by atomic mass is 10.0. The van der Waals surface area contributed by atoms with Gasteiger partial charge in [0.2, 0.25) is 0 Å². The van der Waals surface area contributed by atoms with Gasteiger partial charge in [0.05, 0.1) is 24.5 Å². The Morgan fingerprint density at radius 2 is 2.00 bits per heavy atom. The molecule has 8 heteroatoms. The van der Waals surface area contributed by atoms with Gasteiger partial charge in [0, 0.05) is 29.6 Å². The van der Waals surface area contributed by atoms with Crippen LogP contribution in [0.5, 0.6) is 0 Å². The molecule has 1 N–H and O–H groups in total. The van der Waals surface area contributed by atoms with E-state index in [1.807, 2.05) is 13.8 Å². The summed E-state index contributed by atoms with van der Waals surface area (Å²) in [6.07, 6.45) is -0.203. The maximum Gasteiger partial charge on any atom is 0.183 e. The zero-order valence-electron chi connectivity index (χ0n) is 12.8. The van der Waals surface area contributed by atoms with E-state index in [0.29, 0.717) is 18.7 Å². The highest BCUT2D eigenvalue weighted by molar-refractivity contribution is 7.03. The molecule has 2 atom stereocenters. The Bertz CT molecular complexity index is 687. The van der Waals surface area contributed by atoms with Crippen LogP contribution in [0, 0.1) is 11.6 Å². The molecule has 0 amide bonds. The maximum atomic E-state index is 14.7. The van der Waals surface area contributed by atoms with Crippen molar-refractivity contribution in [3.63, 3.8) is 0 Å². The highest BCUT2D eigenvalue weighted by Gasteiger charge is 2.29. The molecule has 0 aliphatic carbocycles. The van der Waals surface area contributed by atoms with Crippen molar-refractivity contribution in [1.82, 2.24) is 9.59 Å². The Hall–Kier alpha value is -1.64. The standard InChI is InChI=1S/C15H17F2N3O2S/c1-8-4-20(5-9(2)22-8)15-10(6-21)3-11(13(16)14(15)17)12-7-23-19-18-12/h3,7-9,21H,4-6H2,1-2H3. The number of benzene rings is 1. The monoisotopic (exact) mass is 341 g/mol. The summed E-state index contributed by atoms with van der Waals surface area (Å²) >= 11 is 1.06. The van der Waals surface area contributed by atoms with Gasteiger partial charge in [-0.3, -0.25) is 0 Å². The Labute approximate surface area is 136 Å². The maximum absolute atomic E-state index is 14.7. The van der Waals surface area contributed by atoms with Crippen LogP contribution in [0.15, 0.2) is 11.4 Å². The number of ether oxygens (including phenoxy) is 1. The van der Waals surface area contributed by atoms with E-state index in [2.05, 4.69) is 9.59 Å². The molecule has 124 valence electrons. The summed E-state index contributed by atoms with van der Waals surface area (Å²) in [5.74, 6) is -1.95. The minimum Gasteiger partial charge on any atom is -0.392 e. The number of halogens is 2. The first-order valence-electron chi connectivity index (χ1n) is 7.30. The van der Waals surface area contributed by atoms with E-state index in [-0.39, 0.29) is 29.2 Å². The van der Waals surface area contributed by atoms with Gasteiger partial charge in [-0.15, -0.1) is 5.10 Å². The summed E-state index contributed by atoms with van der Waals surface area (Å²) in [6.45, 7) is 4.24. The van der Waals surface area contributed by atoms with Gasteiger partial charge in [-0.05, 0) is 31.4 Å². The van der Waals surface area contributed by atoms with Crippen LogP contribution in [0.25, 0.3) is 11.3 Å². The summed E-state index contributed by atoms with van der Waals surface area (Å²) in [4.78, 5) is 1.73. The van der Waals surface area contributed by atoms with Crippen molar-refractivity contribution in [1.29, 1.82) is 0 Å². The fourth-order valence-electron chi connectivity index (χ4n) is 2.96. The van der Waals surface area contributed by atoms with Crippen molar-refractivity contribution in [2.24, 2.45) is 0 Å². The first-order valence-corrected chi connectivity index (χ1v) is 8.14. The number of nitrogens with zero attached hydrogens (tertiary/aromatic N) is 3. The lowest BCUT2D eigenvalue weighted by Gasteiger charge is -2.38. The van der Waals surface area contributed by atoms with E-state index in [1.165, 1.54) is 11.4 Å². The van der Waals surface area contributed by atoms with Crippen LogP contribution in [0.1, 0.15) is 19.4 Å². The summed E-state index contributed by atoms with van der Waals surface area (Å²) in [7, 11) is 0. The average molecular weight is 341 g/mol. The molecule has 1 aromatic heterocycles. The summed E-state index contributed by atoms with van der Waals surface area (Å²) in [5.41, 5.74) is 0.696. The van der Waals surface area contributed by atoms with E-state index in [1.54, 1.807) is 4.90 Å². The lowest BCUT2D eigenvalue weighted by molar-refractivity contribution is -0.00553. The second-order valence-corrected chi connectivity index (χ2v) is 6.28. The van der Waals surface area contributed by atoms with Crippen molar-refractivity contribution < 1.29 is 18.6 Å². The third kappa shape index (κ3) is 3.06. The number of aromatic nitrogens is 2. The van der Waals surface area contributed by atoms with E-state index in [9.17, 15) is 13.9 Å². The fraction of sp³-hybridized carbons (Fsp3) is 0.467. The molecule has 1 aliphatic heterocycles. The zero-order chi connectivity index (χ0) is 16.6. The van der Waals surface area contributed by atoms with Crippen molar-refractivity contribution in [3.05, 3.63) is 28.6 Å². The molecule has 0 saturated carbocycles. The summed E-state index contributed by atoms with van der Waals surface area (Å²) in [6, 6.07) is 1.44. The first-order chi connectivity index (χ1) is 11.0. The number of rotatable bonds is 3. The molecular weight excluding hydrogens is 324 g/mol. The molecular formula is C15H17F2N3O2S. The van der Waals surface area contributed by atoms with Gasteiger partial charge in [-0.1, -0.05) is 4.49 Å². The lowest BCUT2D eigenvalue weighted by Crippen LogP contribution is -2.46. The van der Waals surface area contributed by atoms with Gasteiger partial charge in [-0.25, -0.2) is 8.78 Å². The minimum absolute atomic E-state index is 0.0124. The van der Waals surface area contributed by atoms with Crippen molar-refractivity contribution >= 4 is 17.2 Å². The molecule has 0 spiro atoms. The van der Waals surface area contributed by atoms with Crippen molar-refractivity contribution in [2.45, 2.75) is 32.7 Å². The van der Waals surface area contributed by atoms with Crippen LogP contribution in [0.4, 0.5) is 14.5 Å². The molecule has 0 bridgehead atoms. The quantitative estimate of drug-likeness (QED) is 0.930. The van der Waals surface area contributed by atoms with E-state index in [0.717, 1.165) is 11.5 Å².